The Morgan fingerprint density at radius 3 is 2.89 bits per heavy atom. The summed E-state index contributed by atoms with van der Waals surface area (Å²) < 4.78 is 42.0. The van der Waals surface area contributed by atoms with Crippen molar-refractivity contribution in [2.45, 2.75) is 37.9 Å². The number of anilines is 1. The van der Waals surface area contributed by atoms with E-state index < -0.39 is 25.2 Å². The van der Waals surface area contributed by atoms with Crippen LogP contribution >= 0.6 is 0 Å². The Balaban J connectivity index is 1.74. The normalized spacial score (nSPS) is 16.5. The molecule has 1 aromatic heterocycles. The molecule has 0 spiro atoms. The van der Waals surface area contributed by atoms with Crippen LogP contribution in [0.15, 0.2) is 36.7 Å². The maximum atomic E-state index is 12.2. The number of aromatic carboxylic acids is 1. The van der Waals surface area contributed by atoms with E-state index in [-0.39, 0.29) is 11.6 Å². The van der Waals surface area contributed by atoms with Gasteiger partial charge in [0.2, 0.25) is 0 Å². The van der Waals surface area contributed by atoms with Crippen molar-refractivity contribution in [2.24, 2.45) is 0 Å². The van der Waals surface area contributed by atoms with Crippen molar-refractivity contribution in [3.8, 4) is 5.75 Å². The number of ether oxygens (including phenoxy) is 1. The zero-order chi connectivity index (χ0) is 19.4. The molecule has 2 N–H and O–H groups in total. The van der Waals surface area contributed by atoms with Crippen LogP contribution in [0.5, 0.6) is 5.75 Å². The number of aromatic nitrogens is 1. The van der Waals surface area contributed by atoms with Gasteiger partial charge >= 0.3 is 12.1 Å². The number of hydrogen-bond donors (Lipinski definition) is 2. The van der Waals surface area contributed by atoms with Crippen LogP contribution in [0.2, 0.25) is 0 Å². The van der Waals surface area contributed by atoms with Crippen LogP contribution in [-0.4, -0.2) is 28.8 Å². The summed E-state index contributed by atoms with van der Waals surface area (Å²) in [5, 5.41) is 12.5. The second kappa shape index (κ2) is 7.85. The molecule has 1 heterocycles. The zero-order valence-electron chi connectivity index (χ0n) is 14.4. The molecule has 0 saturated heterocycles. The minimum absolute atomic E-state index is 0.0970. The first-order valence-corrected chi connectivity index (χ1v) is 8.60. The van der Waals surface area contributed by atoms with Crippen molar-refractivity contribution < 1.29 is 27.8 Å². The highest BCUT2D eigenvalue weighted by molar-refractivity contribution is 5.93. The standard InChI is InChI=1S/C19H19F3N2O3/c20-19(21,22)7-9-27-13-4-5-14-12(10-13)2-1-3-16(14)24-17-11-23-8-6-15(17)18(25)26/h4-6,8,10-11,16,24H,1-3,7,9H2,(H,25,26). The van der Waals surface area contributed by atoms with Crippen LogP contribution in [0.4, 0.5) is 18.9 Å². The molecule has 1 aromatic carbocycles. The highest BCUT2D eigenvalue weighted by atomic mass is 19.4. The lowest BCUT2D eigenvalue weighted by Crippen LogP contribution is -2.19. The van der Waals surface area contributed by atoms with Crippen molar-refractivity contribution >= 4 is 11.7 Å². The second-order valence-electron chi connectivity index (χ2n) is 6.39. The fourth-order valence-electron chi connectivity index (χ4n) is 3.20. The maximum absolute atomic E-state index is 12.2. The van der Waals surface area contributed by atoms with Crippen LogP contribution in [-0.2, 0) is 6.42 Å². The number of rotatable bonds is 6. The van der Waals surface area contributed by atoms with E-state index in [0.717, 1.165) is 30.4 Å². The molecule has 1 atom stereocenters. The molecule has 144 valence electrons. The number of aryl methyl sites for hydroxylation is 1. The molecule has 0 bridgehead atoms. The van der Waals surface area contributed by atoms with Gasteiger partial charge in [-0.3, -0.25) is 4.98 Å². The summed E-state index contributed by atoms with van der Waals surface area (Å²) in [6.45, 7) is -0.415. The first-order chi connectivity index (χ1) is 12.8. The number of fused-ring (bicyclic) bond motifs is 1. The van der Waals surface area contributed by atoms with Crippen LogP contribution in [0.3, 0.4) is 0 Å². The molecule has 0 saturated carbocycles. The van der Waals surface area contributed by atoms with E-state index in [1.807, 2.05) is 6.07 Å². The number of pyridine rings is 1. The summed E-state index contributed by atoms with van der Waals surface area (Å²) in [6, 6.07) is 6.58. The summed E-state index contributed by atoms with van der Waals surface area (Å²) in [6.07, 6.45) is 0.153. The van der Waals surface area contributed by atoms with Crippen molar-refractivity contribution in [1.29, 1.82) is 0 Å². The van der Waals surface area contributed by atoms with Gasteiger partial charge in [-0.25, -0.2) is 4.79 Å². The SMILES string of the molecule is O=C(O)c1ccncc1NC1CCCc2cc(OCCC(F)(F)F)ccc21. The van der Waals surface area contributed by atoms with Gasteiger partial charge in [-0.05, 0) is 48.6 Å². The number of hydrogen-bond acceptors (Lipinski definition) is 4. The first kappa shape index (κ1) is 19.0. The lowest BCUT2D eigenvalue weighted by atomic mass is 9.87. The topological polar surface area (TPSA) is 71.5 Å². The molecule has 0 radical (unpaired) electrons. The van der Waals surface area contributed by atoms with Gasteiger partial charge in [0.1, 0.15) is 5.75 Å². The predicted octanol–water partition coefficient (Wildman–Crippen LogP) is 4.60. The number of carboxylic acid groups (broad SMARTS) is 1. The Hall–Kier alpha value is -2.77. The molecule has 1 unspecified atom stereocenters. The van der Waals surface area contributed by atoms with Gasteiger partial charge in [0.05, 0.1) is 36.5 Å². The highest BCUT2D eigenvalue weighted by Gasteiger charge is 2.27. The fraction of sp³-hybridized carbons (Fsp3) is 0.368. The fourth-order valence-corrected chi connectivity index (χ4v) is 3.20. The van der Waals surface area contributed by atoms with Crippen LogP contribution in [0, 0.1) is 0 Å². The minimum atomic E-state index is -4.24. The molecular weight excluding hydrogens is 361 g/mol. The molecule has 0 amide bonds. The molecule has 0 fully saturated rings. The average molecular weight is 380 g/mol. The van der Waals surface area contributed by atoms with Crippen molar-refractivity contribution in [2.75, 3.05) is 11.9 Å². The van der Waals surface area contributed by atoms with Gasteiger partial charge in [-0.1, -0.05) is 6.07 Å². The number of benzene rings is 1. The first-order valence-electron chi connectivity index (χ1n) is 8.60. The van der Waals surface area contributed by atoms with E-state index >= 15 is 0 Å². The quantitative estimate of drug-likeness (QED) is 0.766. The molecule has 1 aliphatic rings. The molecule has 2 aromatic rings. The Bertz CT molecular complexity index is 824. The average Bonchev–Trinajstić information content (AvgIpc) is 2.61. The molecule has 5 nitrogen and oxygen atoms in total. The number of nitrogens with zero attached hydrogens (tertiary/aromatic N) is 1. The molecular formula is C19H19F3N2O3. The Labute approximate surface area is 154 Å². The van der Waals surface area contributed by atoms with Gasteiger partial charge in [0.25, 0.3) is 0 Å². The minimum Gasteiger partial charge on any atom is -0.493 e. The molecule has 0 aliphatic heterocycles. The molecule has 27 heavy (non-hydrogen) atoms. The molecule has 1 aliphatic carbocycles. The van der Waals surface area contributed by atoms with E-state index in [1.165, 1.54) is 18.5 Å². The van der Waals surface area contributed by atoms with Crippen LogP contribution < -0.4 is 10.1 Å². The summed E-state index contributed by atoms with van der Waals surface area (Å²) in [5.74, 6) is -0.629. The summed E-state index contributed by atoms with van der Waals surface area (Å²) in [4.78, 5) is 15.3. The van der Waals surface area contributed by atoms with E-state index in [0.29, 0.717) is 11.4 Å². The third-order valence-corrected chi connectivity index (χ3v) is 4.46. The van der Waals surface area contributed by atoms with Gasteiger partial charge in [-0.2, -0.15) is 13.2 Å². The second-order valence-corrected chi connectivity index (χ2v) is 6.39. The third-order valence-electron chi connectivity index (χ3n) is 4.46. The molecule has 8 heteroatoms. The predicted molar refractivity (Wildman–Crippen MR) is 93.1 cm³/mol. The smallest absolute Gasteiger partial charge is 0.392 e. The largest absolute Gasteiger partial charge is 0.493 e. The Morgan fingerprint density at radius 1 is 1.33 bits per heavy atom. The number of carbonyl (C=O) groups is 1. The zero-order valence-corrected chi connectivity index (χ0v) is 14.4. The molecule has 3 rings (SSSR count). The number of carboxylic acids is 1. The van der Waals surface area contributed by atoms with Crippen molar-refractivity contribution in [3.63, 3.8) is 0 Å². The maximum Gasteiger partial charge on any atom is 0.392 e. The van der Waals surface area contributed by atoms with Crippen LogP contribution in [0.1, 0.15) is 46.8 Å². The van der Waals surface area contributed by atoms with Gasteiger partial charge in [0, 0.05) is 6.20 Å². The Kier molecular flexibility index (Phi) is 5.53. The number of halogens is 3. The van der Waals surface area contributed by atoms with Gasteiger partial charge in [0.15, 0.2) is 0 Å². The Morgan fingerprint density at radius 2 is 2.15 bits per heavy atom. The van der Waals surface area contributed by atoms with E-state index in [9.17, 15) is 23.1 Å². The van der Waals surface area contributed by atoms with Gasteiger partial charge in [-0.15, -0.1) is 0 Å². The van der Waals surface area contributed by atoms with E-state index in [1.54, 1.807) is 12.1 Å². The summed E-state index contributed by atoms with van der Waals surface area (Å²) in [5.41, 5.74) is 2.56. The summed E-state index contributed by atoms with van der Waals surface area (Å²) >= 11 is 0. The number of alkyl halides is 3. The van der Waals surface area contributed by atoms with Crippen LogP contribution in [0.25, 0.3) is 0 Å². The van der Waals surface area contributed by atoms with Crippen molar-refractivity contribution in [1.82, 2.24) is 4.98 Å². The van der Waals surface area contributed by atoms with Crippen molar-refractivity contribution in [3.05, 3.63) is 53.3 Å². The van der Waals surface area contributed by atoms with Gasteiger partial charge < -0.3 is 15.2 Å². The summed E-state index contributed by atoms with van der Waals surface area (Å²) in [7, 11) is 0. The lowest BCUT2D eigenvalue weighted by molar-refractivity contribution is -0.139. The lowest BCUT2D eigenvalue weighted by Gasteiger charge is -2.28. The third kappa shape index (κ3) is 4.90. The number of nitrogens with one attached hydrogen (secondary N) is 1. The monoisotopic (exact) mass is 380 g/mol. The highest BCUT2D eigenvalue weighted by Crippen LogP contribution is 2.35. The van der Waals surface area contributed by atoms with E-state index in [4.69, 9.17) is 4.74 Å². The van der Waals surface area contributed by atoms with E-state index in [2.05, 4.69) is 10.3 Å².